The van der Waals surface area contributed by atoms with Gasteiger partial charge in [-0.1, -0.05) is 25.0 Å². The van der Waals surface area contributed by atoms with Crippen LogP contribution in [0.5, 0.6) is 0 Å². The van der Waals surface area contributed by atoms with Crippen LogP contribution in [0, 0.1) is 6.92 Å². The van der Waals surface area contributed by atoms with Gasteiger partial charge < -0.3 is 10.6 Å². The summed E-state index contributed by atoms with van der Waals surface area (Å²) in [7, 11) is 0. The van der Waals surface area contributed by atoms with Crippen molar-refractivity contribution in [3.8, 4) is 0 Å². The highest BCUT2D eigenvalue weighted by Crippen LogP contribution is 2.27. The van der Waals surface area contributed by atoms with E-state index in [4.69, 9.17) is 0 Å². The summed E-state index contributed by atoms with van der Waals surface area (Å²) in [6.45, 7) is 2.73. The lowest BCUT2D eigenvalue weighted by Gasteiger charge is -2.12. The average molecular weight is 366 g/mol. The lowest BCUT2D eigenvalue weighted by molar-refractivity contribution is 0.0938. The molecule has 1 aromatic carbocycles. The van der Waals surface area contributed by atoms with Crippen molar-refractivity contribution in [2.75, 3.05) is 5.32 Å². The molecule has 134 valence electrons. The molecule has 0 aliphatic heterocycles. The van der Waals surface area contributed by atoms with Crippen molar-refractivity contribution in [1.29, 1.82) is 0 Å². The zero-order valence-corrected chi connectivity index (χ0v) is 15.6. The molecule has 0 radical (unpaired) electrons. The molecule has 26 heavy (non-hydrogen) atoms. The van der Waals surface area contributed by atoms with Crippen LogP contribution >= 0.6 is 11.3 Å². The van der Waals surface area contributed by atoms with Gasteiger partial charge in [0.25, 0.3) is 5.91 Å². The summed E-state index contributed by atoms with van der Waals surface area (Å²) in [6.07, 6.45) is 6.23. The molecule has 3 aromatic rings. The number of carbonyl (C=O) groups excluding carboxylic acids is 1. The highest BCUT2D eigenvalue weighted by molar-refractivity contribution is 7.18. The van der Waals surface area contributed by atoms with Crippen LogP contribution in [0.4, 0.5) is 5.82 Å². The van der Waals surface area contributed by atoms with Crippen molar-refractivity contribution < 1.29 is 4.79 Å². The normalized spacial score (nSPS) is 14.7. The minimum absolute atomic E-state index is 0.0302. The van der Waals surface area contributed by atoms with Crippen LogP contribution in [-0.4, -0.2) is 21.9 Å². The molecule has 1 aliphatic rings. The van der Waals surface area contributed by atoms with Crippen molar-refractivity contribution in [2.45, 2.75) is 45.2 Å². The van der Waals surface area contributed by atoms with Crippen molar-refractivity contribution >= 4 is 33.3 Å². The fourth-order valence-corrected chi connectivity index (χ4v) is 4.26. The van der Waals surface area contributed by atoms with Crippen LogP contribution in [0.2, 0.25) is 0 Å². The smallest absolute Gasteiger partial charge is 0.251 e. The Morgan fingerprint density at radius 2 is 1.96 bits per heavy atom. The molecular formula is C20H22N4OS. The van der Waals surface area contributed by atoms with Crippen LogP contribution < -0.4 is 10.6 Å². The van der Waals surface area contributed by atoms with Crippen LogP contribution in [-0.2, 0) is 6.54 Å². The molecular weight excluding hydrogens is 344 g/mol. The number of benzene rings is 1. The first-order valence-electron chi connectivity index (χ1n) is 9.04. The van der Waals surface area contributed by atoms with Crippen molar-refractivity contribution in [2.24, 2.45) is 0 Å². The third-order valence-electron chi connectivity index (χ3n) is 4.82. The van der Waals surface area contributed by atoms with Gasteiger partial charge >= 0.3 is 0 Å². The van der Waals surface area contributed by atoms with Crippen molar-refractivity contribution in [1.82, 2.24) is 15.3 Å². The second-order valence-electron chi connectivity index (χ2n) is 6.80. The number of amides is 1. The lowest BCUT2D eigenvalue weighted by Crippen LogP contribution is -2.32. The number of aryl methyl sites for hydroxylation is 1. The van der Waals surface area contributed by atoms with Gasteiger partial charge in [0.15, 0.2) is 0 Å². The molecule has 0 unspecified atom stereocenters. The molecule has 2 N–H and O–H groups in total. The minimum Gasteiger partial charge on any atom is -0.365 e. The molecule has 1 fully saturated rings. The zero-order valence-electron chi connectivity index (χ0n) is 14.8. The number of nitrogens with zero attached hydrogens (tertiary/aromatic N) is 2. The van der Waals surface area contributed by atoms with E-state index in [9.17, 15) is 4.79 Å². The van der Waals surface area contributed by atoms with Gasteiger partial charge in [-0.15, -0.1) is 11.3 Å². The minimum atomic E-state index is 0.0302. The van der Waals surface area contributed by atoms with Gasteiger partial charge in [-0.3, -0.25) is 4.79 Å². The highest BCUT2D eigenvalue weighted by Gasteiger charge is 2.17. The predicted molar refractivity (Wildman–Crippen MR) is 106 cm³/mol. The van der Waals surface area contributed by atoms with Gasteiger partial charge in [-0.25, -0.2) is 9.97 Å². The number of thiophene rings is 1. The maximum Gasteiger partial charge on any atom is 0.251 e. The third kappa shape index (κ3) is 3.70. The largest absolute Gasteiger partial charge is 0.365 e. The number of carbonyl (C=O) groups is 1. The first-order valence-corrected chi connectivity index (χ1v) is 9.85. The molecule has 2 aromatic heterocycles. The van der Waals surface area contributed by atoms with E-state index in [0.717, 1.165) is 40.0 Å². The first-order chi connectivity index (χ1) is 12.7. The Bertz CT molecular complexity index is 913. The summed E-state index contributed by atoms with van der Waals surface area (Å²) in [5.74, 6) is 0.880. The monoisotopic (exact) mass is 366 g/mol. The average Bonchev–Trinajstić information content (AvgIpc) is 3.29. The summed E-state index contributed by atoms with van der Waals surface area (Å²) in [5, 5.41) is 7.56. The molecule has 0 bridgehead atoms. The van der Waals surface area contributed by atoms with Gasteiger partial charge in [0.05, 0.1) is 5.39 Å². The molecule has 0 atom stereocenters. The van der Waals surface area contributed by atoms with E-state index < -0.39 is 0 Å². The fraction of sp³-hybridized carbons (Fsp3) is 0.350. The predicted octanol–water partition coefficient (Wildman–Crippen LogP) is 4.28. The molecule has 1 amide bonds. The Morgan fingerprint density at radius 3 is 2.73 bits per heavy atom. The van der Waals surface area contributed by atoms with Gasteiger partial charge in [-0.2, -0.15) is 0 Å². The lowest BCUT2D eigenvalue weighted by atomic mass is 10.1. The van der Waals surface area contributed by atoms with Gasteiger partial charge in [0, 0.05) is 23.0 Å². The standard InChI is InChI=1S/C20H22N4OS/c1-13-10-17-18(22-12-23-20(17)26-13)21-11-14-6-8-15(9-7-14)19(25)24-16-4-2-3-5-16/h6-10,12,16H,2-5,11H2,1H3,(H,24,25)(H,21,22,23). The van der Waals surface area contributed by atoms with Crippen LogP contribution in [0.3, 0.4) is 0 Å². The molecule has 1 saturated carbocycles. The molecule has 0 saturated heterocycles. The Hall–Kier alpha value is -2.47. The summed E-state index contributed by atoms with van der Waals surface area (Å²) < 4.78 is 0. The van der Waals surface area contributed by atoms with Gasteiger partial charge in [-0.05, 0) is 43.5 Å². The van der Waals surface area contributed by atoms with E-state index in [-0.39, 0.29) is 5.91 Å². The molecule has 6 heteroatoms. The summed E-state index contributed by atoms with van der Waals surface area (Å²) in [5.41, 5.74) is 1.83. The quantitative estimate of drug-likeness (QED) is 0.707. The van der Waals surface area contributed by atoms with Crippen LogP contribution in [0.1, 0.15) is 46.5 Å². The van der Waals surface area contributed by atoms with E-state index in [0.29, 0.717) is 12.6 Å². The third-order valence-corrected chi connectivity index (χ3v) is 5.78. The van der Waals surface area contributed by atoms with E-state index in [1.165, 1.54) is 17.7 Å². The second-order valence-corrected chi connectivity index (χ2v) is 8.04. The SMILES string of the molecule is Cc1cc2c(NCc3ccc(C(=O)NC4CCCC4)cc3)ncnc2s1. The fourth-order valence-electron chi connectivity index (χ4n) is 3.42. The maximum absolute atomic E-state index is 12.3. The number of rotatable bonds is 5. The Morgan fingerprint density at radius 1 is 1.19 bits per heavy atom. The molecule has 0 spiro atoms. The van der Waals surface area contributed by atoms with Gasteiger partial charge in [0.2, 0.25) is 0 Å². The topological polar surface area (TPSA) is 66.9 Å². The summed E-state index contributed by atoms with van der Waals surface area (Å²) in [4.78, 5) is 23.2. The molecule has 4 rings (SSSR count). The second kappa shape index (κ2) is 7.41. The first kappa shape index (κ1) is 17.0. The van der Waals surface area contributed by atoms with Crippen molar-refractivity contribution in [3.63, 3.8) is 0 Å². The highest BCUT2D eigenvalue weighted by atomic mass is 32.1. The number of anilines is 1. The number of fused-ring (bicyclic) bond motifs is 1. The zero-order chi connectivity index (χ0) is 17.9. The maximum atomic E-state index is 12.3. The summed E-state index contributed by atoms with van der Waals surface area (Å²) in [6, 6.07) is 10.2. The van der Waals surface area contributed by atoms with E-state index >= 15 is 0 Å². The van der Waals surface area contributed by atoms with Crippen LogP contribution in [0.15, 0.2) is 36.7 Å². The van der Waals surface area contributed by atoms with E-state index in [1.807, 2.05) is 24.3 Å². The van der Waals surface area contributed by atoms with Gasteiger partial charge in [0.1, 0.15) is 17.0 Å². The van der Waals surface area contributed by atoms with Crippen molar-refractivity contribution in [3.05, 3.63) is 52.7 Å². The summed E-state index contributed by atoms with van der Waals surface area (Å²) >= 11 is 1.67. The van der Waals surface area contributed by atoms with Crippen LogP contribution in [0.25, 0.3) is 10.2 Å². The Balaban J connectivity index is 1.40. The number of hydrogen-bond acceptors (Lipinski definition) is 5. The number of nitrogens with one attached hydrogen (secondary N) is 2. The molecule has 2 heterocycles. The number of hydrogen-bond donors (Lipinski definition) is 2. The molecule has 5 nitrogen and oxygen atoms in total. The van der Waals surface area contributed by atoms with E-state index in [1.54, 1.807) is 17.7 Å². The Labute approximate surface area is 156 Å². The number of aromatic nitrogens is 2. The van der Waals surface area contributed by atoms with E-state index in [2.05, 4.69) is 33.6 Å². The molecule has 1 aliphatic carbocycles. The Kier molecular flexibility index (Phi) is 4.84.